The van der Waals surface area contributed by atoms with Gasteiger partial charge in [0.2, 0.25) is 0 Å². The molecule has 1 aliphatic rings. The number of hydrogen-bond donors (Lipinski definition) is 1. The van der Waals surface area contributed by atoms with Crippen molar-refractivity contribution in [3.8, 4) is 0 Å². The Hall–Kier alpha value is -0.0900. The molecule has 0 radical (unpaired) electrons. The van der Waals surface area contributed by atoms with E-state index in [0.717, 1.165) is 6.42 Å². The molecule has 0 bridgehead atoms. The van der Waals surface area contributed by atoms with Crippen molar-refractivity contribution in [2.45, 2.75) is 58.4 Å². The molecule has 1 rings (SSSR count). The molecule has 1 fully saturated rings. The molecule has 0 aromatic rings. The van der Waals surface area contributed by atoms with E-state index in [1.54, 1.807) is 0 Å². The largest absolute Gasteiger partial charge is 0.316 e. The van der Waals surface area contributed by atoms with Crippen molar-refractivity contribution in [1.29, 1.82) is 0 Å². The fourth-order valence-corrected chi connectivity index (χ4v) is 4.75. The molecule has 0 aromatic heterocycles. The van der Waals surface area contributed by atoms with E-state index < -0.39 is 9.84 Å². The molecule has 0 saturated heterocycles. The van der Waals surface area contributed by atoms with Crippen molar-refractivity contribution in [2.75, 3.05) is 18.6 Å². The molecule has 0 spiro atoms. The second-order valence-corrected chi connectivity index (χ2v) is 8.32. The molecular formula is C14H29NO2S. The van der Waals surface area contributed by atoms with Crippen molar-refractivity contribution in [3.05, 3.63) is 0 Å². The van der Waals surface area contributed by atoms with Crippen LogP contribution in [-0.4, -0.2) is 33.0 Å². The van der Waals surface area contributed by atoms with E-state index in [1.165, 1.54) is 32.1 Å². The van der Waals surface area contributed by atoms with Crippen LogP contribution in [-0.2, 0) is 9.84 Å². The van der Waals surface area contributed by atoms with Crippen molar-refractivity contribution < 1.29 is 8.42 Å². The van der Waals surface area contributed by atoms with E-state index in [-0.39, 0.29) is 6.04 Å². The minimum Gasteiger partial charge on any atom is -0.316 e. The summed E-state index contributed by atoms with van der Waals surface area (Å²) in [6.07, 6.45) is 6.98. The Labute approximate surface area is 113 Å². The van der Waals surface area contributed by atoms with Crippen LogP contribution in [0.5, 0.6) is 0 Å². The molecular weight excluding hydrogens is 246 g/mol. The van der Waals surface area contributed by atoms with Crippen molar-refractivity contribution in [1.82, 2.24) is 5.32 Å². The van der Waals surface area contributed by atoms with Crippen LogP contribution in [0.3, 0.4) is 0 Å². The van der Waals surface area contributed by atoms with Gasteiger partial charge in [-0.15, -0.1) is 0 Å². The lowest BCUT2D eigenvalue weighted by atomic mass is 9.84. The lowest BCUT2D eigenvalue weighted by Crippen LogP contribution is -2.41. The maximum absolute atomic E-state index is 12.1. The lowest BCUT2D eigenvalue weighted by molar-refractivity contribution is 0.292. The first-order valence-corrected chi connectivity index (χ1v) is 9.14. The molecule has 1 unspecified atom stereocenters. The maximum atomic E-state index is 12.1. The molecule has 1 N–H and O–H groups in total. The highest BCUT2D eigenvalue weighted by atomic mass is 32.2. The Morgan fingerprint density at radius 1 is 1.17 bits per heavy atom. The first-order chi connectivity index (χ1) is 8.44. The van der Waals surface area contributed by atoms with Gasteiger partial charge in [0.1, 0.15) is 0 Å². The summed E-state index contributed by atoms with van der Waals surface area (Å²) in [5, 5.41) is 3.24. The fourth-order valence-electron chi connectivity index (χ4n) is 2.76. The Balaban J connectivity index is 2.50. The van der Waals surface area contributed by atoms with Gasteiger partial charge in [0, 0.05) is 6.04 Å². The molecule has 18 heavy (non-hydrogen) atoms. The first kappa shape index (κ1) is 16.0. The monoisotopic (exact) mass is 275 g/mol. The van der Waals surface area contributed by atoms with Crippen LogP contribution in [0, 0.1) is 11.8 Å². The van der Waals surface area contributed by atoms with Gasteiger partial charge >= 0.3 is 0 Å². The predicted octanol–water partition coefficient (Wildman–Crippen LogP) is 2.62. The standard InChI is InChI=1S/C14H29NO2S/c1-12(2)9-10-18(16,17)11-14(15-3)13-7-5-4-6-8-13/h12-15H,4-11H2,1-3H3. The zero-order valence-corrected chi connectivity index (χ0v) is 12.9. The molecule has 108 valence electrons. The van der Waals surface area contributed by atoms with E-state index >= 15 is 0 Å². The maximum Gasteiger partial charge on any atom is 0.151 e. The smallest absolute Gasteiger partial charge is 0.151 e. The van der Waals surface area contributed by atoms with Crippen molar-refractivity contribution in [2.24, 2.45) is 11.8 Å². The zero-order chi connectivity index (χ0) is 13.6. The number of rotatable bonds is 7. The summed E-state index contributed by atoms with van der Waals surface area (Å²) in [7, 11) is -1.000. The van der Waals surface area contributed by atoms with Crippen LogP contribution in [0.2, 0.25) is 0 Å². The highest BCUT2D eigenvalue weighted by Crippen LogP contribution is 2.27. The minimum atomic E-state index is -2.90. The third kappa shape index (κ3) is 5.70. The topological polar surface area (TPSA) is 46.2 Å². The van der Waals surface area contributed by atoms with Crippen LogP contribution < -0.4 is 5.32 Å². The predicted molar refractivity (Wildman–Crippen MR) is 77.5 cm³/mol. The number of sulfone groups is 1. The van der Waals surface area contributed by atoms with E-state index in [2.05, 4.69) is 19.2 Å². The molecule has 4 heteroatoms. The van der Waals surface area contributed by atoms with Crippen LogP contribution in [0.4, 0.5) is 0 Å². The van der Waals surface area contributed by atoms with Gasteiger partial charge in [0.15, 0.2) is 9.84 Å². The quantitative estimate of drug-likeness (QED) is 0.777. The average Bonchev–Trinajstić information content (AvgIpc) is 2.35. The van der Waals surface area contributed by atoms with E-state index in [9.17, 15) is 8.42 Å². The molecule has 1 aliphatic carbocycles. The Kier molecular flexibility index (Phi) is 6.64. The summed E-state index contributed by atoms with van der Waals surface area (Å²) in [6, 6.07) is 0.155. The SMILES string of the molecule is CNC(CS(=O)(=O)CCC(C)C)C1CCCCC1. The summed E-state index contributed by atoms with van der Waals surface area (Å²) in [5.41, 5.74) is 0. The molecule has 1 atom stereocenters. The summed E-state index contributed by atoms with van der Waals surface area (Å²) in [6.45, 7) is 4.15. The Morgan fingerprint density at radius 3 is 2.28 bits per heavy atom. The zero-order valence-electron chi connectivity index (χ0n) is 12.1. The lowest BCUT2D eigenvalue weighted by Gasteiger charge is -2.29. The van der Waals surface area contributed by atoms with Gasteiger partial charge in [0.05, 0.1) is 11.5 Å². The summed E-state index contributed by atoms with van der Waals surface area (Å²) in [5.74, 6) is 1.68. The summed E-state index contributed by atoms with van der Waals surface area (Å²) >= 11 is 0. The van der Waals surface area contributed by atoms with Crippen LogP contribution in [0.15, 0.2) is 0 Å². The average molecular weight is 275 g/mol. The van der Waals surface area contributed by atoms with Gasteiger partial charge < -0.3 is 5.32 Å². The highest BCUT2D eigenvalue weighted by Gasteiger charge is 2.26. The van der Waals surface area contributed by atoms with Gasteiger partial charge in [-0.05, 0) is 38.1 Å². The van der Waals surface area contributed by atoms with Crippen LogP contribution in [0.1, 0.15) is 52.4 Å². The second-order valence-electron chi connectivity index (χ2n) is 6.09. The van der Waals surface area contributed by atoms with Gasteiger partial charge in [-0.2, -0.15) is 0 Å². The first-order valence-electron chi connectivity index (χ1n) is 7.32. The van der Waals surface area contributed by atoms with Gasteiger partial charge in [-0.3, -0.25) is 0 Å². The van der Waals surface area contributed by atoms with E-state index in [4.69, 9.17) is 0 Å². The van der Waals surface area contributed by atoms with Crippen molar-refractivity contribution in [3.63, 3.8) is 0 Å². The van der Waals surface area contributed by atoms with Crippen LogP contribution >= 0.6 is 0 Å². The normalized spacial score (nSPS) is 20.2. The molecule has 0 amide bonds. The van der Waals surface area contributed by atoms with Crippen molar-refractivity contribution >= 4 is 9.84 Å². The fraction of sp³-hybridized carbons (Fsp3) is 1.00. The van der Waals surface area contributed by atoms with Gasteiger partial charge in [0.25, 0.3) is 0 Å². The van der Waals surface area contributed by atoms with E-state index in [1.807, 2.05) is 7.05 Å². The Morgan fingerprint density at radius 2 is 1.78 bits per heavy atom. The number of nitrogens with one attached hydrogen (secondary N) is 1. The third-order valence-electron chi connectivity index (χ3n) is 4.03. The third-order valence-corrected chi connectivity index (χ3v) is 5.75. The minimum absolute atomic E-state index is 0.155. The molecule has 1 saturated carbocycles. The molecule has 0 aromatic carbocycles. The molecule has 0 aliphatic heterocycles. The molecule has 3 nitrogen and oxygen atoms in total. The number of hydrogen-bond acceptors (Lipinski definition) is 3. The second kappa shape index (κ2) is 7.49. The summed E-state index contributed by atoms with van der Waals surface area (Å²) in [4.78, 5) is 0. The highest BCUT2D eigenvalue weighted by molar-refractivity contribution is 7.91. The van der Waals surface area contributed by atoms with Crippen LogP contribution in [0.25, 0.3) is 0 Å². The summed E-state index contributed by atoms with van der Waals surface area (Å²) < 4.78 is 24.2. The Bertz CT molecular complexity index is 319. The van der Waals surface area contributed by atoms with E-state index in [0.29, 0.717) is 23.3 Å². The molecule has 0 heterocycles. The van der Waals surface area contributed by atoms with Gasteiger partial charge in [-0.1, -0.05) is 33.1 Å². The van der Waals surface area contributed by atoms with Gasteiger partial charge in [-0.25, -0.2) is 8.42 Å².